The number of nitrogens with one attached hydrogen (secondary N) is 1. The van der Waals surface area contributed by atoms with Gasteiger partial charge in [0, 0.05) is 18.9 Å². The molecule has 0 saturated carbocycles. The summed E-state index contributed by atoms with van der Waals surface area (Å²) in [4.78, 5) is 38.3. The first-order chi connectivity index (χ1) is 19.0. The summed E-state index contributed by atoms with van der Waals surface area (Å²) in [6, 6.07) is 10.2. The zero-order valence-corrected chi connectivity index (χ0v) is 21.1. The fourth-order valence-electron chi connectivity index (χ4n) is 3.62. The number of rotatable bonds is 10. The SMILES string of the molecule is COC(=O)C(Cc1ccc(O)c(O)c1)NC(=O)[C@H](Cc1ccc(O)c(O)c1)OC(=O)C=Cc1ccc(O)c(O)c1. The van der Waals surface area contributed by atoms with E-state index in [0.717, 1.165) is 13.2 Å². The average molecular weight is 554 g/mol. The summed E-state index contributed by atoms with van der Waals surface area (Å²) in [5.41, 5.74) is 1.04. The average Bonchev–Trinajstić information content (AvgIpc) is 2.92. The zero-order chi connectivity index (χ0) is 29.4. The van der Waals surface area contributed by atoms with Crippen molar-refractivity contribution in [2.24, 2.45) is 0 Å². The van der Waals surface area contributed by atoms with Crippen LogP contribution in [-0.2, 0) is 36.7 Å². The third kappa shape index (κ3) is 7.81. The highest BCUT2D eigenvalue weighted by Gasteiger charge is 2.29. The summed E-state index contributed by atoms with van der Waals surface area (Å²) in [7, 11) is 1.11. The Morgan fingerprint density at radius 2 is 1.27 bits per heavy atom. The van der Waals surface area contributed by atoms with E-state index in [9.17, 15) is 45.0 Å². The fourth-order valence-corrected chi connectivity index (χ4v) is 3.62. The van der Waals surface area contributed by atoms with E-state index in [1.807, 2.05) is 0 Å². The summed E-state index contributed by atoms with van der Waals surface area (Å²) in [6.07, 6.45) is 0.341. The molecule has 0 bridgehead atoms. The van der Waals surface area contributed by atoms with Crippen LogP contribution < -0.4 is 5.32 Å². The molecule has 210 valence electrons. The number of phenols is 6. The third-order valence-electron chi connectivity index (χ3n) is 5.70. The van der Waals surface area contributed by atoms with Crippen molar-refractivity contribution in [2.75, 3.05) is 7.11 Å². The van der Waals surface area contributed by atoms with E-state index >= 15 is 0 Å². The molecule has 2 atom stereocenters. The third-order valence-corrected chi connectivity index (χ3v) is 5.70. The number of esters is 2. The van der Waals surface area contributed by atoms with Gasteiger partial charge in [-0.2, -0.15) is 0 Å². The molecule has 1 unspecified atom stereocenters. The number of benzene rings is 3. The molecular formula is C28H27NO11. The van der Waals surface area contributed by atoms with Gasteiger partial charge < -0.3 is 45.4 Å². The second-order valence-corrected chi connectivity index (χ2v) is 8.65. The molecule has 0 aliphatic heterocycles. The number of phenolic OH excluding ortho intramolecular Hbond substituents is 6. The van der Waals surface area contributed by atoms with Crippen LogP contribution in [0.1, 0.15) is 16.7 Å². The molecule has 1 amide bonds. The van der Waals surface area contributed by atoms with Gasteiger partial charge in [-0.3, -0.25) is 4.79 Å². The van der Waals surface area contributed by atoms with Gasteiger partial charge in [-0.15, -0.1) is 0 Å². The largest absolute Gasteiger partial charge is 0.504 e. The Hall–Kier alpha value is -5.39. The second kappa shape index (κ2) is 12.9. The molecule has 3 rings (SSSR count). The van der Waals surface area contributed by atoms with E-state index in [4.69, 9.17) is 9.47 Å². The van der Waals surface area contributed by atoms with Gasteiger partial charge in [0.15, 0.2) is 40.6 Å². The lowest BCUT2D eigenvalue weighted by molar-refractivity contribution is -0.153. The molecule has 0 aliphatic rings. The first-order valence-electron chi connectivity index (χ1n) is 11.8. The Bertz CT molecular complexity index is 1430. The molecule has 7 N–H and O–H groups in total. The zero-order valence-electron chi connectivity index (χ0n) is 21.1. The van der Waals surface area contributed by atoms with Gasteiger partial charge in [0.25, 0.3) is 5.91 Å². The number of carbonyl (C=O) groups is 3. The highest BCUT2D eigenvalue weighted by atomic mass is 16.5. The number of methoxy groups -OCH3 is 1. The standard InChI is InChI=1S/C28H27NO11/c1-39-28(38)18(10-16-3-7-20(31)23(34)12-16)29-27(37)25(14-17-4-8-21(32)24(35)13-17)40-26(36)9-5-15-2-6-19(30)22(33)11-15/h2-9,11-13,18,25,30-35H,10,14H2,1H3,(H,29,37)/t18?,25-/m0/s1. The van der Waals surface area contributed by atoms with Crippen molar-refractivity contribution in [1.82, 2.24) is 5.32 Å². The van der Waals surface area contributed by atoms with E-state index in [1.54, 1.807) is 0 Å². The predicted molar refractivity (Wildman–Crippen MR) is 140 cm³/mol. The minimum Gasteiger partial charge on any atom is -0.504 e. The Balaban J connectivity index is 1.83. The van der Waals surface area contributed by atoms with Gasteiger partial charge in [0.05, 0.1) is 7.11 Å². The quantitative estimate of drug-likeness (QED) is 0.110. The van der Waals surface area contributed by atoms with Crippen molar-refractivity contribution in [1.29, 1.82) is 0 Å². The van der Waals surface area contributed by atoms with Crippen LogP contribution in [0.3, 0.4) is 0 Å². The van der Waals surface area contributed by atoms with E-state index in [1.165, 1.54) is 60.7 Å². The van der Waals surface area contributed by atoms with Gasteiger partial charge in [-0.25, -0.2) is 9.59 Å². The first-order valence-corrected chi connectivity index (χ1v) is 11.8. The lowest BCUT2D eigenvalue weighted by Gasteiger charge is -2.22. The fraction of sp³-hybridized carbons (Fsp3) is 0.179. The van der Waals surface area contributed by atoms with Crippen LogP contribution in [0.4, 0.5) is 0 Å². The smallest absolute Gasteiger partial charge is 0.331 e. The summed E-state index contributed by atoms with van der Waals surface area (Å²) in [6.45, 7) is 0. The van der Waals surface area contributed by atoms with Crippen molar-refractivity contribution in [3.8, 4) is 34.5 Å². The molecule has 0 fully saturated rings. The molecule has 3 aromatic rings. The number of aromatic hydroxyl groups is 6. The Labute approximate surface area is 228 Å². The Morgan fingerprint density at radius 1 is 0.750 bits per heavy atom. The highest BCUT2D eigenvalue weighted by Crippen LogP contribution is 2.27. The maximum absolute atomic E-state index is 13.3. The van der Waals surface area contributed by atoms with E-state index in [-0.39, 0.29) is 24.3 Å². The van der Waals surface area contributed by atoms with Crippen molar-refractivity contribution >= 4 is 23.9 Å². The molecule has 0 aliphatic carbocycles. The van der Waals surface area contributed by atoms with Crippen LogP contribution in [0.5, 0.6) is 34.5 Å². The lowest BCUT2D eigenvalue weighted by Crippen LogP contribution is -2.48. The molecule has 0 spiro atoms. The van der Waals surface area contributed by atoms with Crippen molar-refractivity contribution in [3.05, 3.63) is 77.4 Å². The number of hydrogen-bond donors (Lipinski definition) is 7. The first kappa shape index (κ1) is 29.2. The van der Waals surface area contributed by atoms with Crippen molar-refractivity contribution < 1.29 is 54.5 Å². The van der Waals surface area contributed by atoms with Crippen LogP contribution in [0.15, 0.2) is 60.7 Å². The number of carbonyl (C=O) groups excluding carboxylic acids is 3. The molecule has 40 heavy (non-hydrogen) atoms. The van der Waals surface area contributed by atoms with Crippen LogP contribution in [0.25, 0.3) is 6.08 Å². The lowest BCUT2D eigenvalue weighted by atomic mass is 10.0. The topological polar surface area (TPSA) is 203 Å². The summed E-state index contributed by atoms with van der Waals surface area (Å²) in [5.74, 6) is -5.11. The summed E-state index contributed by atoms with van der Waals surface area (Å²) in [5, 5.41) is 60.2. The van der Waals surface area contributed by atoms with Crippen molar-refractivity contribution in [2.45, 2.75) is 25.0 Å². The second-order valence-electron chi connectivity index (χ2n) is 8.65. The Morgan fingerprint density at radius 3 is 1.80 bits per heavy atom. The molecule has 0 saturated heterocycles. The molecule has 0 aromatic heterocycles. The maximum atomic E-state index is 13.3. The molecule has 0 radical (unpaired) electrons. The molecule has 0 heterocycles. The number of amides is 1. The highest BCUT2D eigenvalue weighted by molar-refractivity contribution is 5.92. The number of hydrogen-bond acceptors (Lipinski definition) is 11. The monoisotopic (exact) mass is 553 g/mol. The van der Waals surface area contributed by atoms with Crippen molar-refractivity contribution in [3.63, 3.8) is 0 Å². The van der Waals surface area contributed by atoms with E-state index in [2.05, 4.69) is 5.32 Å². The van der Waals surface area contributed by atoms with Gasteiger partial charge in [-0.1, -0.05) is 18.2 Å². The molecule has 12 heteroatoms. The van der Waals surface area contributed by atoms with Gasteiger partial charge in [-0.05, 0) is 59.2 Å². The van der Waals surface area contributed by atoms with Crippen LogP contribution >= 0.6 is 0 Å². The number of ether oxygens (including phenoxy) is 2. The molecule has 3 aromatic carbocycles. The van der Waals surface area contributed by atoms with E-state index < -0.39 is 53.0 Å². The van der Waals surface area contributed by atoms with Gasteiger partial charge in [0.2, 0.25) is 0 Å². The van der Waals surface area contributed by atoms with Crippen LogP contribution in [0, 0.1) is 0 Å². The summed E-state index contributed by atoms with van der Waals surface area (Å²) < 4.78 is 10.1. The molecule has 12 nitrogen and oxygen atoms in total. The maximum Gasteiger partial charge on any atom is 0.331 e. The van der Waals surface area contributed by atoms with Gasteiger partial charge >= 0.3 is 11.9 Å². The Kier molecular flexibility index (Phi) is 9.42. The predicted octanol–water partition coefficient (Wildman–Crippen LogP) is 1.99. The minimum atomic E-state index is -1.52. The normalized spacial score (nSPS) is 12.4. The molecular weight excluding hydrogens is 526 g/mol. The van der Waals surface area contributed by atoms with E-state index in [0.29, 0.717) is 16.7 Å². The minimum absolute atomic E-state index is 0.142. The van der Waals surface area contributed by atoms with Crippen LogP contribution in [0.2, 0.25) is 0 Å². The van der Waals surface area contributed by atoms with Gasteiger partial charge in [0.1, 0.15) is 6.04 Å². The van der Waals surface area contributed by atoms with Crippen LogP contribution in [-0.4, -0.2) is 67.7 Å². The summed E-state index contributed by atoms with van der Waals surface area (Å²) >= 11 is 0.